The highest BCUT2D eigenvalue weighted by Gasteiger charge is 2.22. The number of phenolic OH excluding ortho intramolecular Hbond substituents is 3. The molecule has 2 aromatic rings. The number of aromatic hydroxyl groups is 3. The third-order valence-electron chi connectivity index (χ3n) is 5.90. The van der Waals surface area contributed by atoms with Gasteiger partial charge in [0.2, 0.25) is 5.75 Å². The largest absolute Gasteiger partial charge is 0.504 e. The number of Topliss-reactive ketones (excluding diaryl/α,β-unsaturated/α-hetero) is 1. The Hall–Kier alpha value is -2.97. The summed E-state index contributed by atoms with van der Waals surface area (Å²) in [6, 6.07) is 8.04. The molecule has 0 heterocycles. The van der Waals surface area contributed by atoms with E-state index in [4.69, 9.17) is 15.2 Å². The molecule has 0 saturated carbocycles. The lowest BCUT2D eigenvalue weighted by Gasteiger charge is -2.22. The lowest BCUT2D eigenvalue weighted by molar-refractivity contribution is -0.121. The molecule has 0 aliphatic rings. The summed E-state index contributed by atoms with van der Waals surface area (Å²) < 4.78 is 10.3. The number of aliphatic hydroxyl groups excluding tert-OH is 1. The van der Waals surface area contributed by atoms with Crippen molar-refractivity contribution in [3.8, 4) is 28.7 Å². The van der Waals surface area contributed by atoms with Crippen LogP contribution in [-0.2, 0) is 11.2 Å². The van der Waals surface area contributed by atoms with Gasteiger partial charge >= 0.3 is 0 Å². The molecule has 0 aliphatic carbocycles. The molecule has 0 saturated heterocycles. The van der Waals surface area contributed by atoms with Crippen LogP contribution >= 0.6 is 0 Å². The van der Waals surface area contributed by atoms with Gasteiger partial charge in [-0.25, -0.2) is 0 Å². The van der Waals surface area contributed by atoms with Gasteiger partial charge in [0, 0.05) is 12.8 Å². The van der Waals surface area contributed by atoms with Gasteiger partial charge < -0.3 is 29.9 Å². The van der Waals surface area contributed by atoms with Gasteiger partial charge in [0.05, 0.1) is 13.2 Å². The number of hydrogen-bond acceptors (Lipinski definition) is 8. The molecule has 0 unspecified atom stereocenters. The van der Waals surface area contributed by atoms with Crippen LogP contribution in [0.5, 0.6) is 28.7 Å². The lowest BCUT2D eigenvalue weighted by atomic mass is 9.86. The molecule has 2 aromatic carbocycles. The Morgan fingerprint density at radius 1 is 1.06 bits per heavy atom. The predicted octanol–water partition coefficient (Wildman–Crippen LogP) is 4.11. The van der Waals surface area contributed by atoms with Crippen molar-refractivity contribution in [2.45, 2.75) is 70.3 Å². The van der Waals surface area contributed by atoms with E-state index in [2.05, 4.69) is 6.92 Å². The number of ketones is 1. The summed E-state index contributed by atoms with van der Waals surface area (Å²) in [6.07, 6.45) is 4.06. The van der Waals surface area contributed by atoms with Crippen molar-refractivity contribution >= 4 is 5.78 Å². The molecule has 0 aliphatic heterocycles. The number of benzene rings is 2. The Morgan fingerprint density at radius 2 is 1.82 bits per heavy atom. The van der Waals surface area contributed by atoms with E-state index in [1.807, 2.05) is 0 Å². The fraction of sp³-hybridized carbons (Fsp3) is 0.500. The van der Waals surface area contributed by atoms with Crippen molar-refractivity contribution in [3.05, 3.63) is 41.5 Å². The van der Waals surface area contributed by atoms with Crippen LogP contribution < -0.4 is 15.2 Å². The number of nitrogens with two attached hydrogens (primary N) is 1. The molecule has 0 bridgehead atoms. The first-order chi connectivity index (χ1) is 16.3. The van der Waals surface area contributed by atoms with Gasteiger partial charge in [0.25, 0.3) is 0 Å². The maximum atomic E-state index is 12.5. The molecular formula is C26H37NO7. The zero-order valence-corrected chi connectivity index (χ0v) is 20.0. The van der Waals surface area contributed by atoms with E-state index < -0.39 is 6.10 Å². The minimum Gasteiger partial charge on any atom is -0.504 e. The molecular weight excluding hydrogens is 438 g/mol. The normalized spacial score (nSPS) is 12.8. The first kappa shape index (κ1) is 27.3. The van der Waals surface area contributed by atoms with E-state index in [9.17, 15) is 25.2 Å². The van der Waals surface area contributed by atoms with Crippen molar-refractivity contribution in [2.24, 2.45) is 5.73 Å². The highest BCUT2D eigenvalue weighted by Crippen LogP contribution is 2.40. The molecule has 188 valence electrons. The van der Waals surface area contributed by atoms with E-state index in [0.29, 0.717) is 12.8 Å². The van der Waals surface area contributed by atoms with E-state index >= 15 is 0 Å². The van der Waals surface area contributed by atoms with Crippen molar-refractivity contribution < 1.29 is 34.7 Å². The third-order valence-corrected chi connectivity index (χ3v) is 5.90. The van der Waals surface area contributed by atoms with Crippen LogP contribution in [0.1, 0.15) is 68.9 Å². The minimum atomic E-state index is -0.836. The zero-order chi connectivity index (χ0) is 25.1. The summed E-state index contributed by atoms with van der Waals surface area (Å²) >= 11 is 0. The van der Waals surface area contributed by atoms with Gasteiger partial charge in [0.15, 0.2) is 23.0 Å². The number of hydrogen-bond donors (Lipinski definition) is 5. The molecule has 6 N–H and O–H groups in total. The second kappa shape index (κ2) is 13.7. The average Bonchev–Trinajstić information content (AvgIpc) is 2.80. The van der Waals surface area contributed by atoms with Crippen LogP contribution in [0.4, 0.5) is 0 Å². The molecule has 34 heavy (non-hydrogen) atoms. The zero-order valence-electron chi connectivity index (χ0n) is 20.0. The van der Waals surface area contributed by atoms with E-state index in [1.54, 1.807) is 18.2 Å². The van der Waals surface area contributed by atoms with Crippen molar-refractivity contribution in [2.75, 3.05) is 13.8 Å². The summed E-state index contributed by atoms with van der Waals surface area (Å²) in [6.45, 7) is 2.05. The van der Waals surface area contributed by atoms with Gasteiger partial charge in [-0.15, -0.1) is 0 Å². The number of aliphatic hydroxyl groups is 1. The number of rotatable bonds is 15. The van der Waals surface area contributed by atoms with Crippen molar-refractivity contribution in [1.82, 2.24) is 0 Å². The van der Waals surface area contributed by atoms with Crippen molar-refractivity contribution in [1.29, 1.82) is 0 Å². The van der Waals surface area contributed by atoms with Gasteiger partial charge in [-0.3, -0.25) is 10.5 Å². The number of unbranched alkanes of at least 4 members (excludes halogenated alkanes) is 2. The molecule has 8 heteroatoms. The number of ether oxygens (including phenoxy) is 2. The Morgan fingerprint density at radius 3 is 2.50 bits per heavy atom. The topological polar surface area (TPSA) is 142 Å². The van der Waals surface area contributed by atoms with E-state index in [-0.39, 0.29) is 60.0 Å². The van der Waals surface area contributed by atoms with E-state index in [0.717, 1.165) is 36.8 Å². The predicted molar refractivity (Wildman–Crippen MR) is 130 cm³/mol. The molecule has 0 amide bonds. The van der Waals surface area contributed by atoms with E-state index in [1.165, 1.54) is 19.2 Å². The summed E-state index contributed by atoms with van der Waals surface area (Å²) in [5.74, 6) is -0.316. The smallest absolute Gasteiger partial charge is 0.200 e. The van der Waals surface area contributed by atoms with Crippen molar-refractivity contribution in [3.63, 3.8) is 0 Å². The fourth-order valence-electron chi connectivity index (χ4n) is 4.05. The van der Waals surface area contributed by atoms with Crippen LogP contribution in [0, 0.1) is 0 Å². The number of methoxy groups -OCH3 is 1. The highest BCUT2D eigenvalue weighted by atomic mass is 16.5. The van der Waals surface area contributed by atoms with Crippen LogP contribution in [0.3, 0.4) is 0 Å². The number of phenols is 3. The van der Waals surface area contributed by atoms with Crippen LogP contribution in [0.25, 0.3) is 0 Å². The SMILES string of the molecule is CCCCC[C@H](C[C@@H](O)CC(=O)CCc1ccc(O)c(OCN)c1)c1cc(O)c(O)c(OC)c1. The Kier molecular flexibility index (Phi) is 11.0. The highest BCUT2D eigenvalue weighted by molar-refractivity contribution is 5.79. The molecule has 0 fully saturated rings. The minimum absolute atomic E-state index is 0.0121. The first-order valence-electron chi connectivity index (χ1n) is 11.7. The average molecular weight is 476 g/mol. The number of aryl methyl sites for hydroxylation is 1. The fourth-order valence-corrected chi connectivity index (χ4v) is 4.05. The first-order valence-corrected chi connectivity index (χ1v) is 11.7. The number of carbonyl (C=O) groups excluding carboxylic acids is 1. The van der Waals surface area contributed by atoms with Gasteiger partial charge in [-0.2, -0.15) is 0 Å². The monoisotopic (exact) mass is 475 g/mol. The maximum absolute atomic E-state index is 12.5. The lowest BCUT2D eigenvalue weighted by Crippen LogP contribution is -2.18. The van der Waals surface area contributed by atoms with Crippen LogP contribution in [0.15, 0.2) is 30.3 Å². The summed E-state index contributed by atoms with van der Waals surface area (Å²) in [5.41, 5.74) is 6.94. The summed E-state index contributed by atoms with van der Waals surface area (Å²) in [5, 5.41) is 40.5. The van der Waals surface area contributed by atoms with Gasteiger partial charge in [0.1, 0.15) is 12.5 Å². The Balaban J connectivity index is 2.00. The molecule has 8 nitrogen and oxygen atoms in total. The molecule has 2 rings (SSSR count). The van der Waals surface area contributed by atoms with Crippen LogP contribution in [0.2, 0.25) is 0 Å². The molecule has 0 aromatic heterocycles. The summed E-state index contributed by atoms with van der Waals surface area (Å²) in [7, 11) is 1.41. The van der Waals surface area contributed by atoms with Gasteiger partial charge in [-0.05, 0) is 60.6 Å². The standard InChI is InChI=1S/C26H37NO7/c1-3-4-5-6-18(19-13-23(31)26(32)25(14-19)33-2)12-21(29)15-20(28)9-7-17-8-10-22(30)24(11-17)34-16-27/h8,10-11,13-14,18,21,29-32H,3-7,9,12,15-16,27H2,1-2H3/t18-,21-/m1/s1. The second-order valence-corrected chi connectivity index (χ2v) is 8.53. The van der Waals surface area contributed by atoms with Crippen LogP contribution in [-0.4, -0.2) is 46.2 Å². The summed E-state index contributed by atoms with van der Waals surface area (Å²) in [4.78, 5) is 12.5. The van der Waals surface area contributed by atoms with Gasteiger partial charge in [-0.1, -0.05) is 32.3 Å². The third kappa shape index (κ3) is 8.11. The number of carbonyl (C=O) groups is 1. The Bertz CT molecular complexity index is 932. The quantitative estimate of drug-likeness (QED) is 0.147. The molecule has 2 atom stereocenters. The second-order valence-electron chi connectivity index (χ2n) is 8.53. The molecule has 0 spiro atoms. The Labute approximate surface area is 201 Å². The molecule has 0 radical (unpaired) electrons. The maximum Gasteiger partial charge on any atom is 0.200 e.